The third kappa shape index (κ3) is 3.72. The van der Waals surface area contributed by atoms with Crippen molar-refractivity contribution in [2.75, 3.05) is 18.4 Å². The first kappa shape index (κ1) is 15.0. The number of carbonyl (C=O) groups is 1. The second kappa shape index (κ2) is 7.39. The van der Waals surface area contributed by atoms with E-state index in [-0.39, 0.29) is 24.2 Å². The number of piperidine rings is 1. The summed E-state index contributed by atoms with van der Waals surface area (Å²) >= 11 is 0. The number of nitrogens with one attached hydrogen (secondary N) is 2. The van der Waals surface area contributed by atoms with E-state index in [1.807, 2.05) is 18.2 Å². The fraction of sp³-hybridized carbons (Fsp3) is 0.500. The molecule has 0 bridgehead atoms. The molecule has 2 rings (SSSR count). The summed E-state index contributed by atoms with van der Waals surface area (Å²) in [6.07, 6.45) is 3.03. The molecule has 1 heterocycles. The Kier molecular flexibility index (Phi) is 6.16. The summed E-state index contributed by atoms with van der Waals surface area (Å²) in [5.74, 6) is 0.270. The van der Waals surface area contributed by atoms with Gasteiger partial charge >= 0.3 is 0 Å². The molecule has 1 aromatic rings. The van der Waals surface area contributed by atoms with E-state index in [1.54, 1.807) is 0 Å². The molecule has 1 aliphatic rings. The van der Waals surface area contributed by atoms with E-state index < -0.39 is 0 Å². The van der Waals surface area contributed by atoms with Gasteiger partial charge in [0.05, 0.1) is 5.92 Å². The van der Waals surface area contributed by atoms with E-state index >= 15 is 0 Å². The Morgan fingerprint density at radius 3 is 2.89 bits per heavy atom. The molecule has 2 N–H and O–H groups in total. The number of benzene rings is 1. The summed E-state index contributed by atoms with van der Waals surface area (Å²) in [7, 11) is 0. The summed E-state index contributed by atoms with van der Waals surface area (Å²) in [6, 6.07) is 8.02. The van der Waals surface area contributed by atoms with E-state index in [4.69, 9.17) is 0 Å². The summed E-state index contributed by atoms with van der Waals surface area (Å²) in [5, 5.41) is 6.32. The van der Waals surface area contributed by atoms with Crippen molar-refractivity contribution >= 4 is 24.0 Å². The van der Waals surface area contributed by atoms with Crippen molar-refractivity contribution in [3.05, 3.63) is 29.8 Å². The molecule has 4 heteroatoms. The smallest absolute Gasteiger partial charge is 0.228 e. The molecule has 0 aromatic heterocycles. The van der Waals surface area contributed by atoms with Gasteiger partial charge in [0.25, 0.3) is 0 Å². The van der Waals surface area contributed by atoms with Crippen LogP contribution in [0.2, 0.25) is 0 Å². The second-order valence-electron chi connectivity index (χ2n) is 4.54. The van der Waals surface area contributed by atoms with Crippen molar-refractivity contribution in [1.82, 2.24) is 5.32 Å². The molecule has 0 aliphatic carbocycles. The standard InChI is InChI=1S/C14H20N2O.ClH/c1-2-11-6-3-4-8-13(11)16-14(17)12-7-5-9-15-10-12;/h3-4,6,8,12,15H,2,5,7,9-10H2,1H3,(H,16,17);1H/t12-;/m1./s1. The number of rotatable bonds is 3. The predicted octanol–water partition coefficient (Wildman–Crippen LogP) is 2.61. The molecule has 0 unspecified atom stereocenters. The Morgan fingerprint density at radius 2 is 2.22 bits per heavy atom. The fourth-order valence-corrected chi connectivity index (χ4v) is 2.26. The van der Waals surface area contributed by atoms with Gasteiger partial charge in [0, 0.05) is 12.2 Å². The second-order valence-corrected chi connectivity index (χ2v) is 4.54. The third-order valence-corrected chi connectivity index (χ3v) is 3.32. The predicted molar refractivity (Wildman–Crippen MR) is 77.3 cm³/mol. The maximum absolute atomic E-state index is 12.1. The normalized spacial score (nSPS) is 18.8. The molecule has 3 nitrogen and oxygen atoms in total. The van der Waals surface area contributed by atoms with Crippen molar-refractivity contribution in [3.8, 4) is 0 Å². The van der Waals surface area contributed by atoms with Crippen LogP contribution in [0.4, 0.5) is 5.69 Å². The molecule has 1 aromatic carbocycles. The molecular weight excluding hydrogens is 248 g/mol. The number of hydrogen-bond donors (Lipinski definition) is 2. The van der Waals surface area contributed by atoms with E-state index in [9.17, 15) is 4.79 Å². The zero-order valence-electron chi connectivity index (χ0n) is 10.7. The van der Waals surface area contributed by atoms with E-state index in [0.717, 1.165) is 38.0 Å². The fourth-order valence-electron chi connectivity index (χ4n) is 2.26. The highest BCUT2D eigenvalue weighted by atomic mass is 35.5. The molecule has 1 fully saturated rings. The van der Waals surface area contributed by atoms with Gasteiger partial charge in [-0.05, 0) is 37.4 Å². The van der Waals surface area contributed by atoms with Crippen molar-refractivity contribution in [1.29, 1.82) is 0 Å². The molecule has 18 heavy (non-hydrogen) atoms. The van der Waals surface area contributed by atoms with Crippen LogP contribution in [0, 0.1) is 5.92 Å². The number of amides is 1. The van der Waals surface area contributed by atoms with E-state index in [1.165, 1.54) is 5.56 Å². The number of anilines is 1. The van der Waals surface area contributed by atoms with Gasteiger partial charge in [-0.15, -0.1) is 12.4 Å². The van der Waals surface area contributed by atoms with Crippen LogP contribution in [0.15, 0.2) is 24.3 Å². The lowest BCUT2D eigenvalue weighted by Gasteiger charge is -2.22. The Balaban J connectivity index is 0.00000162. The molecule has 1 aliphatic heterocycles. The van der Waals surface area contributed by atoms with Crippen LogP contribution in [-0.4, -0.2) is 19.0 Å². The summed E-state index contributed by atoms with van der Waals surface area (Å²) < 4.78 is 0. The van der Waals surface area contributed by atoms with E-state index in [2.05, 4.69) is 23.6 Å². The van der Waals surface area contributed by atoms with Crippen molar-refractivity contribution < 1.29 is 4.79 Å². The minimum absolute atomic E-state index is 0. The van der Waals surface area contributed by atoms with Crippen molar-refractivity contribution in [3.63, 3.8) is 0 Å². The Bertz CT molecular complexity index is 389. The molecule has 1 amide bonds. The quantitative estimate of drug-likeness (QED) is 0.885. The van der Waals surface area contributed by atoms with Crippen LogP contribution in [0.5, 0.6) is 0 Å². The molecule has 1 atom stereocenters. The summed E-state index contributed by atoms with van der Waals surface area (Å²) in [5.41, 5.74) is 2.16. The van der Waals surface area contributed by atoms with Gasteiger partial charge < -0.3 is 10.6 Å². The molecule has 0 spiro atoms. The SMILES string of the molecule is CCc1ccccc1NC(=O)[C@@H]1CCCNC1.Cl. The lowest BCUT2D eigenvalue weighted by molar-refractivity contribution is -0.120. The topological polar surface area (TPSA) is 41.1 Å². The molecule has 1 saturated heterocycles. The first-order valence-electron chi connectivity index (χ1n) is 6.40. The van der Waals surface area contributed by atoms with Crippen molar-refractivity contribution in [2.24, 2.45) is 5.92 Å². The highest BCUT2D eigenvalue weighted by Gasteiger charge is 2.21. The minimum Gasteiger partial charge on any atom is -0.326 e. The Morgan fingerprint density at radius 1 is 1.44 bits per heavy atom. The first-order valence-corrected chi connectivity index (χ1v) is 6.40. The van der Waals surface area contributed by atoms with Crippen LogP contribution in [0.1, 0.15) is 25.3 Å². The maximum Gasteiger partial charge on any atom is 0.228 e. The molecule has 100 valence electrons. The highest BCUT2D eigenvalue weighted by molar-refractivity contribution is 5.93. The largest absolute Gasteiger partial charge is 0.326 e. The van der Waals surface area contributed by atoms with E-state index in [0.29, 0.717) is 0 Å². The molecular formula is C14H21ClN2O. The summed E-state index contributed by atoms with van der Waals surface area (Å²) in [4.78, 5) is 12.1. The number of para-hydroxylation sites is 1. The third-order valence-electron chi connectivity index (χ3n) is 3.32. The Labute approximate surface area is 115 Å². The first-order chi connectivity index (χ1) is 8.31. The lowest BCUT2D eigenvalue weighted by Crippen LogP contribution is -2.37. The monoisotopic (exact) mass is 268 g/mol. The van der Waals surface area contributed by atoms with Gasteiger partial charge in [0.2, 0.25) is 5.91 Å². The average molecular weight is 269 g/mol. The van der Waals surface area contributed by atoms with Gasteiger partial charge in [-0.2, -0.15) is 0 Å². The van der Waals surface area contributed by atoms with Crippen LogP contribution in [0.25, 0.3) is 0 Å². The van der Waals surface area contributed by atoms with Gasteiger partial charge in [0.1, 0.15) is 0 Å². The van der Waals surface area contributed by atoms with Crippen LogP contribution in [-0.2, 0) is 11.2 Å². The average Bonchev–Trinajstić information content (AvgIpc) is 2.40. The zero-order chi connectivity index (χ0) is 12.1. The highest BCUT2D eigenvalue weighted by Crippen LogP contribution is 2.18. The Hall–Kier alpha value is -1.06. The van der Waals surface area contributed by atoms with Gasteiger partial charge in [-0.3, -0.25) is 4.79 Å². The van der Waals surface area contributed by atoms with Crippen LogP contribution in [0.3, 0.4) is 0 Å². The number of carbonyl (C=O) groups excluding carboxylic acids is 1. The van der Waals surface area contributed by atoms with Crippen LogP contribution >= 0.6 is 12.4 Å². The molecule has 0 saturated carbocycles. The zero-order valence-corrected chi connectivity index (χ0v) is 11.6. The van der Waals surface area contributed by atoms with Gasteiger partial charge in [-0.25, -0.2) is 0 Å². The number of aryl methyl sites for hydroxylation is 1. The van der Waals surface area contributed by atoms with Crippen LogP contribution < -0.4 is 10.6 Å². The van der Waals surface area contributed by atoms with Crippen molar-refractivity contribution in [2.45, 2.75) is 26.2 Å². The van der Waals surface area contributed by atoms with Gasteiger partial charge in [-0.1, -0.05) is 25.1 Å². The number of halogens is 1. The maximum atomic E-state index is 12.1. The number of hydrogen-bond acceptors (Lipinski definition) is 2. The van der Waals surface area contributed by atoms with Gasteiger partial charge in [0.15, 0.2) is 0 Å². The summed E-state index contributed by atoms with van der Waals surface area (Å²) in [6.45, 7) is 3.95. The lowest BCUT2D eigenvalue weighted by atomic mass is 9.98. The minimum atomic E-state index is 0. The molecule has 0 radical (unpaired) electrons.